The van der Waals surface area contributed by atoms with Gasteiger partial charge in [0, 0.05) is 12.6 Å². The highest BCUT2D eigenvalue weighted by molar-refractivity contribution is 7.92. The lowest BCUT2D eigenvalue weighted by atomic mass is 10.1. The summed E-state index contributed by atoms with van der Waals surface area (Å²) >= 11 is 0. The molecule has 2 atom stereocenters. The van der Waals surface area contributed by atoms with E-state index in [0.717, 1.165) is 4.31 Å². The number of carbonyl (C=O) groups excluding carboxylic acids is 2. The SMILES string of the molecule is CCOc1ccccc1N(CC(=O)N(Cc1ccc(F)cc1)[C@@H](CC)C(=O)N[C@H](C)CC)S(=O)(=O)c1ccccc1. The van der Waals surface area contributed by atoms with Gasteiger partial charge in [-0.2, -0.15) is 0 Å². The summed E-state index contributed by atoms with van der Waals surface area (Å²) in [7, 11) is -4.22. The summed E-state index contributed by atoms with van der Waals surface area (Å²) in [5.74, 6) is -1.06. The largest absolute Gasteiger partial charge is 0.492 e. The first-order chi connectivity index (χ1) is 19.6. The lowest BCUT2D eigenvalue weighted by molar-refractivity contribution is -0.140. The normalized spacial score (nSPS) is 12.7. The fourth-order valence-corrected chi connectivity index (χ4v) is 5.77. The van der Waals surface area contributed by atoms with Gasteiger partial charge in [-0.1, -0.05) is 56.3 Å². The van der Waals surface area contributed by atoms with Gasteiger partial charge < -0.3 is 15.0 Å². The van der Waals surface area contributed by atoms with Crippen LogP contribution in [0.1, 0.15) is 46.1 Å². The third-order valence-electron chi connectivity index (χ3n) is 6.70. The Kier molecular flexibility index (Phi) is 11.3. The molecule has 0 fully saturated rings. The molecule has 2 amide bonds. The molecular weight excluding hydrogens is 545 g/mol. The van der Waals surface area contributed by atoms with E-state index >= 15 is 0 Å². The summed E-state index contributed by atoms with van der Waals surface area (Å²) in [6.45, 7) is 7.06. The van der Waals surface area contributed by atoms with Crippen molar-refractivity contribution < 1.29 is 27.1 Å². The van der Waals surface area contributed by atoms with Gasteiger partial charge in [-0.05, 0) is 68.7 Å². The minimum Gasteiger partial charge on any atom is -0.492 e. The van der Waals surface area contributed by atoms with Crippen LogP contribution in [0.5, 0.6) is 5.75 Å². The monoisotopic (exact) mass is 583 g/mol. The van der Waals surface area contributed by atoms with Crippen molar-refractivity contribution in [3.8, 4) is 5.75 Å². The first kappa shape index (κ1) is 31.6. The maximum atomic E-state index is 14.1. The number of sulfonamides is 1. The zero-order valence-electron chi connectivity index (χ0n) is 23.9. The Morgan fingerprint density at radius 1 is 0.902 bits per heavy atom. The average molecular weight is 584 g/mol. The molecule has 0 bridgehead atoms. The summed E-state index contributed by atoms with van der Waals surface area (Å²) < 4.78 is 48.4. The zero-order valence-corrected chi connectivity index (χ0v) is 24.7. The van der Waals surface area contributed by atoms with Crippen LogP contribution < -0.4 is 14.4 Å². The molecule has 41 heavy (non-hydrogen) atoms. The van der Waals surface area contributed by atoms with E-state index in [4.69, 9.17) is 4.74 Å². The highest BCUT2D eigenvalue weighted by atomic mass is 32.2. The van der Waals surface area contributed by atoms with Crippen LogP contribution in [0.2, 0.25) is 0 Å². The van der Waals surface area contributed by atoms with Gasteiger partial charge in [0.2, 0.25) is 11.8 Å². The number of ether oxygens (including phenoxy) is 1. The standard InChI is InChI=1S/C31H38FN3O5S/c1-5-23(4)33-31(37)27(6-2)34(21-24-17-19-25(32)20-18-24)30(36)22-35(28-15-11-12-16-29(28)40-7-3)41(38,39)26-13-9-8-10-14-26/h8-20,23,27H,5-7,21-22H2,1-4H3,(H,33,37)/t23-,27+/m1/s1. The van der Waals surface area contributed by atoms with Gasteiger partial charge in [-0.25, -0.2) is 12.8 Å². The number of amides is 2. The van der Waals surface area contributed by atoms with Crippen molar-refractivity contribution >= 4 is 27.5 Å². The molecule has 0 heterocycles. The van der Waals surface area contributed by atoms with E-state index in [1.807, 2.05) is 13.8 Å². The molecule has 3 aromatic carbocycles. The summed E-state index contributed by atoms with van der Waals surface area (Å²) in [6.07, 6.45) is 0.988. The van der Waals surface area contributed by atoms with Crippen LogP contribution in [0, 0.1) is 5.82 Å². The molecule has 10 heteroatoms. The smallest absolute Gasteiger partial charge is 0.264 e. The predicted octanol–water partition coefficient (Wildman–Crippen LogP) is 5.14. The van der Waals surface area contributed by atoms with Crippen molar-refractivity contribution in [1.82, 2.24) is 10.2 Å². The van der Waals surface area contributed by atoms with E-state index in [1.165, 1.54) is 41.3 Å². The van der Waals surface area contributed by atoms with Crippen LogP contribution >= 0.6 is 0 Å². The number of nitrogens with one attached hydrogen (secondary N) is 1. The van der Waals surface area contributed by atoms with Gasteiger partial charge in [0.25, 0.3) is 10.0 Å². The lowest BCUT2D eigenvalue weighted by Crippen LogP contribution is -2.53. The van der Waals surface area contributed by atoms with Crippen molar-refractivity contribution in [3.63, 3.8) is 0 Å². The fraction of sp³-hybridized carbons (Fsp3) is 0.355. The van der Waals surface area contributed by atoms with E-state index in [2.05, 4.69) is 5.32 Å². The van der Waals surface area contributed by atoms with Crippen molar-refractivity contribution in [2.45, 2.75) is 64.1 Å². The quantitative estimate of drug-likeness (QED) is 0.284. The molecule has 220 valence electrons. The minimum absolute atomic E-state index is 0.00532. The van der Waals surface area contributed by atoms with Crippen molar-refractivity contribution in [1.29, 1.82) is 0 Å². The van der Waals surface area contributed by atoms with Gasteiger partial charge in [0.1, 0.15) is 24.2 Å². The molecule has 0 aliphatic heterocycles. The molecule has 0 radical (unpaired) electrons. The Hall–Kier alpha value is -3.92. The summed E-state index contributed by atoms with van der Waals surface area (Å²) in [5.41, 5.74) is 0.798. The first-order valence-electron chi connectivity index (χ1n) is 13.8. The molecule has 1 N–H and O–H groups in total. The minimum atomic E-state index is -4.22. The van der Waals surface area contributed by atoms with Crippen molar-refractivity contribution in [3.05, 3.63) is 90.2 Å². The number of carbonyl (C=O) groups is 2. The molecular formula is C31H38FN3O5S. The Balaban J connectivity index is 2.09. The van der Waals surface area contributed by atoms with Crippen molar-refractivity contribution in [2.75, 3.05) is 17.5 Å². The highest BCUT2D eigenvalue weighted by Gasteiger charge is 2.35. The number of rotatable bonds is 14. The average Bonchev–Trinajstić information content (AvgIpc) is 2.97. The number of hydrogen-bond acceptors (Lipinski definition) is 5. The van der Waals surface area contributed by atoms with Gasteiger partial charge in [0.15, 0.2) is 0 Å². The van der Waals surface area contributed by atoms with E-state index in [1.54, 1.807) is 56.3 Å². The fourth-order valence-electron chi connectivity index (χ4n) is 4.32. The maximum Gasteiger partial charge on any atom is 0.264 e. The van der Waals surface area contributed by atoms with E-state index in [9.17, 15) is 22.4 Å². The molecule has 0 saturated carbocycles. The number of anilines is 1. The van der Waals surface area contributed by atoms with Crippen LogP contribution in [0.25, 0.3) is 0 Å². The first-order valence-corrected chi connectivity index (χ1v) is 15.2. The molecule has 0 spiro atoms. The van der Waals surface area contributed by atoms with Crippen molar-refractivity contribution in [2.24, 2.45) is 0 Å². The molecule has 3 rings (SSSR count). The van der Waals surface area contributed by atoms with Crippen LogP contribution in [0.3, 0.4) is 0 Å². The van der Waals surface area contributed by atoms with Gasteiger partial charge in [-0.15, -0.1) is 0 Å². The zero-order chi connectivity index (χ0) is 30.0. The van der Waals surface area contributed by atoms with E-state index in [0.29, 0.717) is 17.7 Å². The van der Waals surface area contributed by atoms with Crippen LogP contribution in [-0.2, 0) is 26.2 Å². The number of nitrogens with zero attached hydrogens (tertiary/aromatic N) is 2. The van der Waals surface area contributed by atoms with Gasteiger partial charge >= 0.3 is 0 Å². The maximum absolute atomic E-state index is 14.1. The second-order valence-corrected chi connectivity index (χ2v) is 11.5. The molecule has 3 aromatic rings. The number of benzene rings is 3. The molecule has 8 nitrogen and oxygen atoms in total. The highest BCUT2D eigenvalue weighted by Crippen LogP contribution is 2.33. The lowest BCUT2D eigenvalue weighted by Gasteiger charge is -2.34. The molecule has 0 aliphatic rings. The number of halogens is 1. The number of para-hydroxylation sites is 2. The molecule has 0 unspecified atom stereocenters. The topological polar surface area (TPSA) is 96.0 Å². The Bertz CT molecular complexity index is 1400. The van der Waals surface area contributed by atoms with Gasteiger partial charge in [0.05, 0.1) is 17.2 Å². The Morgan fingerprint density at radius 2 is 1.54 bits per heavy atom. The molecule has 0 saturated heterocycles. The molecule has 0 aliphatic carbocycles. The Morgan fingerprint density at radius 3 is 2.15 bits per heavy atom. The third-order valence-corrected chi connectivity index (χ3v) is 8.47. The summed E-state index contributed by atoms with van der Waals surface area (Å²) in [5, 5.41) is 2.93. The van der Waals surface area contributed by atoms with Gasteiger partial charge in [-0.3, -0.25) is 13.9 Å². The Labute approximate surface area is 242 Å². The van der Waals surface area contributed by atoms with E-state index in [-0.39, 0.29) is 42.1 Å². The second-order valence-electron chi connectivity index (χ2n) is 9.62. The third kappa shape index (κ3) is 8.07. The van der Waals surface area contributed by atoms with E-state index < -0.39 is 34.3 Å². The summed E-state index contributed by atoms with van der Waals surface area (Å²) in [6, 6.07) is 19.1. The number of hydrogen-bond donors (Lipinski definition) is 1. The predicted molar refractivity (Wildman–Crippen MR) is 158 cm³/mol. The van der Waals surface area contributed by atoms with Crippen LogP contribution in [0.15, 0.2) is 83.8 Å². The van der Waals surface area contributed by atoms with Crippen LogP contribution in [-0.4, -0.2) is 50.4 Å². The molecule has 0 aromatic heterocycles. The second kappa shape index (κ2) is 14.6. The summed E-state index contributed by atoms with van der Waals surface area (Å²) in [4.78, 5) is 28.8. The van der Waals surface area contributed by atoms with Crippen LogP contribution in [0.4, 0.5) is 10.1 Å².